The summed E-state index contributed by atoms with van der Waals surface area (Å²) in [6.45, 7) is 2.04. The molecule has 0 atom stereocenters. The number of hydrogen-bond donors (Lipinski definition) is 3. The van der Waals surface area contributed by atoms with E-state index < -0.39 is 11.2 Å². The lowest BCUT2D eigenvalue weighted by molar-refractivity contribution is -0.121. The molecule has 0 radical (unpaired) electrons. The minimum Gasteiger partial charge on any atom is -0.488 e. The molecule has 0 bridgehead atoms. The highest BCUT2D eigenvalue weighted by molar-refractivity contribution is 5.85. The second-order valence-corrected chi connectivity index (χ2v) is 6.62. The lowest BCUT2D eigenvalue weighted by Crippen LogP contribution is -2.28. The van der Waals surface area contributed by atoms with E-state index in [0.29, 0.717) is 23.6 Å². The van der Waals surface area contributed by atoms with Gasteiger partial charge in [-0.05, 0) is 31.0 Å². The molecule has 0 saturated heterocycles. The average Bonchev–Trinajstić information content (AvgIpc) is 2.73. The van der Waals surface area contributed by atoms with Crippen LogP contribution in [0, 0.1) is 6.92 Å². The van der Waals surface area contributed by atoms with Crippen molar-refractivity contribution >= 4 is 12.1 Å². The van der Waals surface area contributed by atoms with E-state index in [1.165, 1.54) is 6.21 Å². The zero-order valence-corrected chi connectivity index (χ0v) is 16.5. The Balaban J connectivity index is 1.56. The monoisotopic (exact) mass is 406 g/mol. The first-order valence-electron chi connectivity index (χ1n) is 9.42. The number of H-pyrrole nitrogens is 2. The SMILES string of the molecule is Cc1[nH]c(=O)[nH]c(=O)c1CCC(=O)N/N=C/c1ccccc1OCc1ccccc1. The molecule has 154 valence electrons. The molecule has 3 rings (SSSR count). The third-order valence-corrected chi connectivity index (χ3v) is 4.41. The summed E-state index contributed by atoms with van der Waals surface area (Å²) in [6, 6.07) is 17.2. The smallest absolute Gasteiger partial charge is 0.325 e. The molecular weight excluding hydrogens is 384 g/mol. The van der Waals surface area contributed by atoms with Crippen molar-refractivity contribution in [3.8, 4) is 5.75 Å². The molecule has 0 aliphatic heterocycles. The number of ether oxygens (including phenoxy) is 1. The summed E-state index contributed by atoms with van der Waals surface area (Å²) in [5.41, 5.74) is 3.98. The summed E-state index contributed by atoms with van der Waals surface area (Å²) >= 11 is 0. The van der Waals surface area contributed by atoms with Crippen LogP contribution in [-0.4, -0.2) is 22.1 Å². The molecule has 1 heterocycles. The van der Waals surface area contributed by atoms with Crippen LogP contribution in [0.25, 0.3) is 0 Å². The number of rotatable bonds is 8. The maximum atomic E-state index is 12.1. The van der Waals surface area contributed by atoms with Crippen LogP contribution in [0.3, 0.4) is 0 Å². The van der Waals surface area contributed by atoms with Crippen molar-refractivity contribution in [2.45, 2.75) is 26.4 Å². The molecule has 8 nitrogen and oxygen atoms in total. The standard InChI is InChI=1S/C22H22N4O4/c1-15-18(21(28)25-22(29)24-15)11-12-20(27)26-23-13-17-9-5-6-10-19(17)30-14-16-7-3-2-4-8-16/h2-10,13H,11-12,14H2,1H3,(H,26,27)(H2,24,25,28,29)/b23-13+. The summed E-state index contributed by atoms with van der Waals surface area (Å²) in [6.07, 6.45) is 1.76. The number of para-hydroxylation sites is 1. The van der Waals surface area contributed by atoms with Gasteiger partial charge >= 0.3 is 5.69 Å². The van der Waals surface area contributed by atoms with Crippen molar-refractivity contribution in [1.29, 1.82) is 0 Å². The van der Waals surface area contributed by atoms with E-state index in [-0.39, 0.29) is 18.7 Å². The van der Waals surface area contributed by atoms with Crippen molar-refractivity contribution in [1.82, 2.24) is 15.4 Å². The van der Waals surface area contributed by atoms with Crippen molar-refractivity contribution < 1.29 is 9.53 Å². The Morgan fingerprint density at radius 1 is 1.07 bits per heavy atom. The van der Waals surface area contributed by atoms with E-state index in [1.54, 1.807) is 6.92 Å². The number of carbonyl (C=O) groups is 1. The van der Waals surface area contributed by atoms with E-state index in [2.05, 4.69) is 20.5 Å². The van der Waals surface area contributed by atoms with E-state index in [4.69, 9.17) is 4.74 Å². The van der Waals surface area contributed by atoms with Crippen LogP contribution in [0.15, 0.2) is 69.3 Å². The normalized spacial score (nSPS) is 10.8. The van der Waals surface area contributed by atoms with Crippen LogP contribution in [-0.2, 0) is 17.8 Å². The Bertz CT molecular complexity index is 1150. The van der Waals surface area contributed by atoms with Gasteiger partial charge in [-0.25, -0.2) is 10.2 Å². The molecular formula is C22H22N4O4. The quantitative estimate of drug-likeness (QED) is 0.392. The van der Waals surface area contributed by atoms with Crippen molar-refractivity contribution in [2.75, 3.05) is 0 Å². The summed E-state index contributed by atoms with van der Waals surface area (Å²) in [5, 5.41) is 3.98. The number of hydrazone groups is 1. The minimum atomic E-state index is -0.566. The minimum absolute atomic E-state index is 0.0550. The topological polar surface area (TPSA) is 116 Å². The maximum Gasteiger partial charge on any atom is 0.325 e. The first-order valence-corrected chi connectivity index (χ1v) is 9.42. The number of aryl methyl sites for hydroxylation is 1. The molecule has 1 aromatic heterocycles. The summed E-state index contributed by atoms with van der Waals surface area (Å²) in [7, 11) is 0. The molecule has 8 heteroatoms. The molecule has 0 spiro atoms. The van der Waals surface area contributed by atoms with E-state index in [0.717, 1.165) is 11.1 Å². The molecule has 1 amide bonds. The van der Waals surface area contributed by atoms with Gasteiger partial charge in [0.1, 0.15) is 12.4 Å². The molecule has 2 aromatic carbocycles. The molecule has 3 aromatic rings. The summed E-state index contributed by atoms with van der Waals surface area (Å²) in [5.74, 6) is 0.300. The van der Waals surface area contributed by atoms with Crippen LogP contribution in [0.4, 0.5) is 0 Å². The Kier molecular flexibility index (Phi) is 6.94. The molecule has 0 unspecified atom stereocenters. The number of carbonyl (C=O) groups excluding carboxylic acids is 1. The molecule has 3 N–H and O–H groups in total. The number of aromatic nitrogens is 2. The number of aromatic amines is 2. The van der Waals surface area contributed by atoms with Gasteiger partial charge in [0.25, 0.3) is 5.56 Å². The second kappa shape index (κ2) is 10.0. The van der Waals surface area contributed by atoms with Gasteiger partial charge in [-0.15, -0.1) is 0 Å². The lowest BCUT2D eigenvalue weighted by Gasteiger charge is -2.09. The van der Waals surface area contributed by atoms with Gasteiger partial charge in [0.2, 0.25) is 5.91 Å². The Labute approximate surface area is 172 Å². The Hall–Kier alpha value is -3.94. The van der Waals surface area contributed by atoms with Crippen LogP contribution < -0.4 is 21.4 Å². The highest BCUT2D eigenvalue weighted by Crippen LogP contribution is 2.17. The van der Waals surface area contributed by atoms with Gasteiger partial charge in [-0.3, -0.25) is 14.6 Å². The predicted octanol–water partition coefficient (Wildman–Crippen LogP) is 2.03. The van der Waals surface area contributed by atoms with Gasteiger partial charge in [0.15, 0.2) is 0 Å². The number of benzene rings is 2. The third kappa shape index (κ3) is 5.78. The van der Waals surface area contributed by atoms with Gasteiger partial charge < -0.3 is 9.72 Å². The van der Waals surface area contributed by atoms with Gasteiger partial charge in [-0.2, -0.15) is 5.10 Å². The second-order valence-electron chi connectivity index (χ2n) is 6.62. The Morgan fingerprint density at radius 3 is 2.57 bits per heavy atom. The Morgan fingerprint density at radius 2 is 1.80 bits per heavy atom. The molecule has 0 aliphatic carbocycles. The van der Waals surface area contributed by atoms with Crippen molar-refractivity contribution in [3.05, 3.63) is 97.8 Å². The summed E-state index contributed by atoms with van der Waals surface area (Å²) in [4.78, 5) is 39.8. The van der Waals surface area contributed by atoms with Crippen molar-refractivity contribution in [2.24, 2.45) is 5.10 Å². The highest BCUT2D eigenvalue weighted by atomic mass is 16.5. The highest BCUT2D eigenvalue weighted by Gasteiger charge is 2.09. The fraction of sp³-hybridized carbons (Fsp3) is 0.182. The maximum absolute atomic E-state index is 12.1. The number of amides is 1. The van der Waals surface area contributed by atoms with Crippen LogP contribution >= 0.6 is 0 Å². The zero-order valence-electron chi connectivity index (χ0n) is 16.5. The number of nitrogens with one attached hydrogen (secondary N) is 3. The van der Waals surface area contributed by atoms with E-state index in [9.17, 15) is 14.4 Å². The van der Waals surface area contributed by atoms with Crippen LogP contribution in [0.2, 0.25) is 0 Å². The van der Waals surface area contributed by atoms with Gasteiger partial charge in [0.05, 0.1) is 6.21 Å². The molecule has 0 fully saturated rings. The van der Waals surface area contributed by atoms with Crippen molar-refractivity contribution in [3.63, 3.8) is 0 Å². The fourth-order valence-electron chi connectivity index (χ4n) is 2.85. The van der Waals surface area contributed by atoms with Crippen LogP contribution in [0.5, 0.6) is 5.75 Å². The first-order chi connectivity index (χ1) is 14.5. The van der Waals surface area contributed by atoms with E-state index >= 15 is 0 Å². The average molecular weight is 406 g/mol. The third-order valence-electron chi connectivity index (χ3n) is 4.41. The predicted molar refractivity (Wildman–Crippen MR) is 114 cm³/mol. The largest absolute Gasteiger partial charge is 0.488 e. The summed E-state index contributed by atoms with van der Waals surface area (Å²) < 4.78 is 5.85. The van der Waals surface area contributed by atoms with Gasteiger partial charge in [0, 0.05) is 23.2 Å². The van der Waals surface area contributed by atoms with E-state index in [1.807, 2.05) is 54.6 Å². The first kappa shape index (κ1) is 20.8. The molecule has 0 saturated carbocycles. The molecule has 30 heavy (non-hydrogen) atoms. The molecule has 0 aliphatic rings. The van der Waals surface area contributed by atoms with Crippen LogP contribution in [0.1, 0.15) is 28.8 Å². The lowest BCUT2D eigenvalue weighted by atomic mass is 10.1. The zero-order chi connectivity index (χ0) is 21.3. The van der Waals surface area contributed by atoms with Gasteiger partial charge in [-0.1, -0.05) is 42.5 Å². The number of hydrogen-bond acceptors (Lipinski definition) is 5. The fourth-order valence-corrected chi connectivity index (χ4v) is 2.85. The number of nitrogens with zero attached hydrogens (tertiary/aromatic N) is 1.